The number of carbonyl (C=O) groups excluding carboxylic acids is 4. The molecule has 4 atom stereocenters. The molecule has 2 saturated heterocycles. The Morgan fingerprint density at radius 1 is 0.560 bits per heavy atom. The van der Waals surface area contributed by atoms with Crippen LogP contribution in [0, 0.1) is 0 Å². The van der Waals surface area contributed by atoms with Crippen molar-refractivity contribution < 1.29 is 57.1 Å². The summed E-state index contributed by atoms with van der Waals surface area (Å²) < 4.78 is 44.5. The third-order valence-corrected chi connectivity index (χ3v) is 8.10. The molecule has 2 aliphatic rings. The van der Waals surface area contributed by atoms with Crippen LogP contribution in [0.4, 0.5) is 0 Å². The van der Waals surface area contributed by atoms with Gasteiger partial charge in [0.1, 0.15) is 23.7 Å². The minimum Gasteiger partial charge on any atom is -0.494 e. The van der Waals surface area contributed by atoms with Gasteiger partial charge in [-0.25, -0.2) is 19.2 Å². The molecule has 0 radical (unpaired) electrons. The van der Waals surface area contributed by atoms with Crippen LogP contribution in [0.25, 0.3) is 0 Å². The highest BCUT2D eigenvalue weighted by Crippen LogP contribution is 2.32. The Morgan fingerprint density at radius 3 is 1.28 bits per heavy atom. The van der Waals surface area contributed by atoms with Gasteiger partial charge in [0.2, 0.25) is 0 Å². The topological polar surface area (TPSA) is 142 Å². The van der Waals surface area contributed by atoms with Gasteiger partial charge in [-0.2, -0.15) is 0 Å². The van der Waals surface area contributed by atoms with Crippen LogP contribution >= 0.6 is 0 Å². The van der Waals surface area contributed by atoms with Gasteiger partial charge in [0.15, 0.2) is 12.2 Å². The lowest BCUT2D eigenvalue weighted by molar-refractivity contribution is -0.138. The Hall–Kier alpha value is -4.68. The molecule has 0 amide bonds. The molecule has 270 valence electrons. The summed E-state index contributed by atoms with van der Waals surface area (Å²) in [5, 5.41) is 0. The monoisotopic (exact) mass is 694 g/mol. The lowest BCUT2D eigenvalue weighted by Crippen LogP contribution is -2.36. The van der Waals surface area contributed by atoms with Crippen molar-refractivity contribution in [2.45, 2.75) is 75.8 Å². The first kappa shape index (κ1) is 38.1. The number of ether oxygens (including phenoxy) is 8. The lowest BCUT2D eigenvalue weighted by atomic mass is 10.1. The van der Waals surface area contributed by atoms with Gasteiger partial charge in [0.05, 0.1) is 50.8 Å². The summed E-state index contributed by atoms with van der Waals surface area (Å²) in [6.45, 7) is 8.81. The van der Waals surface area contributed by atoms with E-state index >= 15 is 0 Å². The molecule has 4 rings (SSSR count). The van der Waals surface area contributed by atoms with Gasteiger partial charge in [-0.15, -0.1) is 0 Å². The number of esters is 4. The third kappa shape index (κ3) is 12.3. The number of benzene rings is 2. The number of hydrogen-bond acceptors (Lipinski definition) is 12. The van der Waals surface area contributed by atoms with Crippen molar-refractivity contribution in [1.29, 1.82) is 0 Å². The Morgan fingerprint density at radius 2 is 0.920 bits per heavy atom. The summed E-state index contributed by atoms with van der Waals surface area (Å²) >= 11 is 0. The second-order valence-corrected chi connectivity index (χ2v) is 11.8. The quantitative estimate of drug-likeness (QED) is 0.0658. The number of hydrogen-bond donors (Lipinski definition) is 0. The molecule has 2 heterocycles. The van der Waals surface area contributed by atoms with E-state index in [2.05, 4.69) is 13.2 Å². The minimum absolute atomic E-state index is 0.127. The molecule has 2 aromatic carbocycles. The molecule has 12 heteroatoms. The van der Waals surface area contributed by atoms with Crippen LogP contribution in [0.5, 0.6) is 11.5 Å². The van der Waals surface area contributed by atoms with Crippen LogP contribution in [0.3, 0.4) is 0 Å². The van der Waals surface area contributed by atoms with E-state index in [-0.39, 0.29) is 13.2 Å². The molecule has 1 unspecified atom stereocenters. The average molecular weight is 695 g/mol. The molecule has 0 aromatic heterocycles. The molecule has 0 spiro atoms. The first-order chi connectivity index (χ1) is 24.4. The first-order valence-corrected chi connectivity index (χ1v) is 17.1. The van der Waals surface area contributed by atoms with Crippen LogP contribution in [0.2, 0.25) is 0 Å². The molecule has 50 heavy (non-hydrogen) atoms. The van der Waals surface area contributed by atoms with Crippen LogP contribution in [-0.4, -0.2) is 87.9 Å². The van der Waals surface area contributed by atoms with E-state index in [9.17, 15) is 19.2 Å². The lowest BCUT2D eigenvalue weighted by Gasteiger charge is -2.17. The Labute approximate surface area is 292 Å². The number of fused-ring (bicyclic) bond motifs is 1. The highest BCUT2D eigenvalue weighted by Gasteiger charge is 2.51. The fourth-order valence-electron chi connectivity index (χ4n) is 5.38. The van der Waals surface area contributed by atoms with Gasteiger partial charge in [-0.3, -0.25) is 0 Å². The van der Waals surface area contributed by atoms with Gasteiger partial charge in [-0.05, 0) is 99.9 Å². The van der Waals surface area contributed by atoms with E-state index in [1.807, 2.05) is 0 Å². The molecule has 2 aromatic rings. The molecule has 2 aliphatic heterocycles. The molecule has 0 aliphatic carbocycles. The predicted molar refractivity (Wildman–Crippen MR) is 181 cm³/mol. The highest BCUT2D eigenvalue weighted by atomic mass is 16.7. The van der Waals surface area contributed by atoms with Crippen molar-refractivity contribution in [2.75, 3.05) is 39.6 Å². The summed E-state index contributed by atoms with van der Waals surface area (Å²) in [6, 6.07) is 13.4. The maximum absolute atomic E-state index is 12.9. The van der Waals surface area contributed by atoms with E-state index in [0.29, 0.717) is 49.1 Å². The second-order valence-electron chi connectivity index (χ2n) is 11.8. The van der Waals surface area contributed by atoms with Gasteiger partial charge in [0, 0.05) is 12.2 Å². The Bertz CT molecular complexity index is 1300. The molecule has 0 N–H and O–H groups in total. The van der Waals surface area contributed by atoms with E-state index in [0.717, 1.165) is 63.5 Å². The summed E-state index contributed by atoms with van der Waals surface area (Å²) in [7, 11) is 0. The molecule has 12 nitrogen and oxygen atoms in total. The summed E-state index contributed by atoms with van der Waals surface area (Å²) in [5.41, 5.74) is 0.735. The predicted octanol–water partition coefficient (Wildman–Crippen LogP) is 5.57. The molecule has 0 bridgehead atoms. The van der Waals surface area contributed by atoms with Crippen LogP contribution in [0.15, 0.2) is 73.8 Å². The molecular formula is C38H46O12. The van der Waals surface area contributed by atoms with Crippen molar-refractivity contribution in [2.24, 2.45) is 0 Å². The van der Waals surface area contributed by atoms with Crippen molar-refractivity contribution in [3.8, 4) is 11.5 Å². The van der Waals surface area contributed by atoms with Gasteiger partial charge < -0.3 is 37.9 Å². The average Bonchev–Trinajstić information content (AvgIpc) is 3.73. The fraction of sp³-hybridized carbons (Fsp3) is 0.474. The number of rotatable bonds is 22. The Kier molecular flexibility index (Phi) is 15.8. The van der Waals surface area contributed by atoms with Gasteiger partial charge >= 0.3 is 23.9 Å². The van der Waals surface area contributed by atoms with E-state index in [1.165, 1.54) is 0 Å². The zero-order valence-corrected chi connectivity index (χ0v) is 28.3. The van der Waals surface area contributed by atoms with Crippen LogP contribution in [0.1, 0.15) is 72.1 Å². The SMILES string of the molecule is C=CC(=O)OCCCCCCOc1ccc(C(=O)OC2CO[C@@H]3[C@@H](OC(=O)c4ccc(OCCCCCCOC(=O)C=C)cc4)CO[C@H]23)cc1. The summed E-state index contributed by atoms with van der Waals surface area (Å²) in [5.74, 6) is -0.553. The fourth-order valence-corrected chi connectivity index (χ4v) is 5.38. The van der Waals surface area contributed by atoms with Crippen molar-refractivity contribution in [3.05, 3.63) is 85.0 Å². The van der Waals surface area contributed by atoms with Gasteiger partial charge in [-0.1, -0.05) is 13.2 Å². The van der Waals surface area contributed by atoms with Crippen molar-refractivity contribution in [3.63, 3.8) is 0 Å². The minimum atomic E-state index is -0.640. The third-order valence-electron chi connectivity index (χ3n) is 8.10. The zero-order valence-electron chi connectivity index (χ0n) is 28.3. The van der Waals surface area contributed by atoms with Crippen molar-refractivity contribution in [1.82, 2.24) is 0 Å². The Balaban J connectivity index is 1.10. The molecular weight excluding hydrogens is 648 g/mol. The molecule has 0 saturated carbocycles. The zero-order chi connectivity index (χ0) is 35.6. The number of carbonyl (C=O) groups is 4. The highest BCUT2D eigenvalue weighted by molar-refractivity contribution is 5.90. The summed E-state index contributed by atoms with van der Waals surface area (Å²) in [6.07, 6.45) is 6.93. The maximum atomic E-state index is 12.9. The normalized spacial score (nSPS) is 19.1. The maximum Gasteiger partial charge on any atom is 0.338 e. The van der Waals surface area contributed by atoms with E-state index < -0.39 is 48.3 Å². The van der Waals surface area contributed by atoms with E-state index in [1.54, 1.807) is 48.5 Å². The second kappa shape index (κ2) is 20.7. The van der Waals surface area contributed by atoms with Crippen LogP contribution in [-0.2, 0) is 38.0 Å². The number of unbranched alkanes of at least 4 members (excludes halogenated alkanes) is 6. The first-order valence-electron chi connectivity index (χ1n) is 17.1. The largest absolute Gasteiger partial charge is 0.494 e. The summed E-state index contributed by atoms with van der Waals surface area (Å²) in [4.78, 5) is 47.8. The standard InChI is InChI=1S/C38H46O12/c1-3-33(39)45-23-11-7-5-9-21-43-29-17-13-27(14-18-29)37(41)49-31-25-47-36-32(26-48-35(31)36)50-38(42)28-15-19-30(20-16-28)44-22-10-6-8-12-24-46-34(40)4-2/h3-4,13-20,31-32,35-36H,1-2,5-12,21-26H2/t31-,32?,35+,36+/m0/s1. The van der Waals surface area contributed by atoms with Crippen LogP contribution < -0.4 is 9.47 Å². The van der Waals surface area contributed by atoms with E-state index in [4.69, 9.17) is 37.9 Å². The molecule has 2 fully saturated rings. The smallest absolute Gasteiger partial charge is 0.338 e. The van der Waals surface area contributed by atoms with Crippen molar-refractivity contribution >= 4 is 23.9 Å². The van der Waals surface area contributed by atoms with Gasteiger partial charge in [0.25, 0.3) is 0 Å².